The van der Waals surface area contributed by atoms with Crippen LogP contribution in [0.4, 0.5) is 0 Å². The molecule has 26 heavy (non-hydrogen) atoms. The quantitative estimate of drug-likeness (QED) is 0.837. The number of carbonyl (C=O) groups excluding carboxylic acids is 1. The molecular weight excluding hydrogens is 328 g/mol. The van der Waals surface area contributed by atoms with E-state index in [4.69, 9.17) is 5.11 Å². The average Bonchev–Trinajstić information content (AvgIpc) is 3.15. The lowest BCUT2D eigenvalue weighted by Crippen LogP contribution is -2.29. The Balaban J connectivity index is 1.82. The summed E-state index contributed by atoms with van der Waals surface area (Å²) in [5, 5.41) is 9.12. The molecule has 3 rings (SSSR count). The van der Waals surface area contributed by atoms with Crippen LogP contribution >= 0.6 is 0 Å². The van der Waals surface area contributed by atoms with Gasteiger partial charge in [0.1, 0.15) is 0 Å². The van der Waals surface area contributed by atoms with E-state index in [1.807, 2.05) is 24.8 Å². The van der Waals surface area contributed by atoms with Gasteiger partial charge >= 0.3 is 5.97 Å². The molecule has 2 heterocycles. The van der Waals surface area contributed by atoms with Crippen molar-refractivity contribution in [1.29, 1.82) is 0 Å². The van der Waals surface area contributed by atoms with Crippen LogP contribution in [0, 0.1) is 33.6 Å². The van der Waals surface area contributed by atoms with E-state index in [0.29, 0.717) is 19.5 Å². The Morgan fingerprint density at radius 3 is 2.46 bits per heavy atom. The van der Waals surface area contributed by atoms with Crippen LogP contribution in [-0.2, 0) is 4.79 Å². The van der Waals surface area contributed by atoms with Crippen LogP contribution in [0.5, 0.6) is 0 Å². The van der Waals surface area contributed by atoms with Crippen LogP contribution in [0.25, 0.3) is 5.69 Å². The van der Waals surface area contributed by atoms with Crippen LogP contribution in [0.3, 0.4) is 0 Å². The van der Waals surface area contributed by atoms with E-state index in [1.165, 1.54) is 11.1 Å². The van der Waals surface area contributed by atoms with E-state index >= 15 is 0 Å². The maximum absolute atomic E-state index is 12.8. The highest BCUT2D eigenvalue weighted by Gasteiger charge is 2.29. The molecule has 0 spiro atoms. The number of carboxylic acid groups (broad SMARTS) is 1. The van der Waals surface area contributed by atoms with Gasteiger partial charge in [0.25, 0.3) is 0 Å². The summed E-state index contributed by atoms with van der Waals surface area (Å²) in [6.45, 7) is 9.56. The van der Waals surface area contributed by atoms with Gasteiger partial charge < -0.3 is 9.67 Å². The summed E-state index contributed by atoms with van der Waals surface area (Å²) in [5.41, 5.74) is 6.21. The number of aryl methyl sites for hydroxylation is 3. The van der Waals surface area contributed by atoms with Crippen LogP contribution in [0.2, 0.25) is 0 Å². The normalized spacial score (nSPS) is 17.6. The number of hydrogen-bond acceptors (Lipinski definition) is 3. The van der Waals surface area contributed by atoms with Crippen molar-refractivity contribution in [3.63, 3.8) is 0 Å². The van der Waals surface area contributed by atoms with E-state index in [-0.39, 0.29) is 18.2 Å². The molecule has 1 aromatic carbocycles. The SMILES string of the molecule is Cc1ccc(-n2c(C)cc(C(=O)CN3CCC(C(=O)O)C3)c2C)cc1C. The van der Waals surface area contributed by atoms with Gasteiger partial charge in [-0.2, -0.15) is 0 Å². The van der Waals surface area contributed by atoms with Crippen molar-refractivity contribution in [2.75, 3.05) is 19.6 Å². The Bertz CT molecular complexity index is 866. The number of rotatable bonds is 5. The molecule has 0 bridgehead atoms. The zero-order chi connectivity index (χ0) is 19.0. The fraction of sp³-hybridized carbons (Fsp3) is 0.429. The molecule has 1 atom stereocenters. The van der Waals surface area contributed by atoms with E-state index in [0.717, 1.165) is 22.6 Å². The molecule has 0 amide bonds. The minimum absolute atomic E-state index is 0.0548. The van der Waals surface area contributed by atoms with E-state index < -0.39 is 5.97 Å². The highest BCUT2D eigenvalue weighted by Crippen LogP contribution is 2.24. The van der Waals surface area contributed by atoms with Gasteiger partial charge in [-0.15, -0.1) is 0 Å². The standard InChI is InChI=1S/C21H26N2O3/c1-13-5-6-18(9-14(13)2)23-15(3)10-19(16(23)4)20(24)12-22-8-7-17(11-22)21(25)26/h5-6,9-10,17H,7-8,11-12H2,1-4H3,(H,25,26). The smallest absolute Gasteiger partial charge is 0.307 e. The van der Waals surface area contributed by atoms with Crippen LogP contribution in [0.1, 0.15) is 39.3 Å². The van der Waals surface area contributed by atoms with Crippen LogP contribution in [0.15, 0.2) is 24.3 Å². The predicted molar refractivity (Wildman–Crippen MR) is 101 cm³/mol. The van der Waals surface area contributed by atoms with Crippen molar-refractivity contribution < 1.29 is 14.7 Å². The highest BCUT2D eigenvalue weighted by molar-refractivity contribution is 5.99. The van der Waals surface area contributed by atoms with Crippen molar-refractivity contribution >= 4 is 11.8 Å². The Morgan fingerprint density at radius 1 is 1.12 bits per heavy atom. The topological polar surface area (TPSA) is 62.5 Å². The van der Waals surface area contributed by atoms with Crippen molar-refractivity contribution in [2.45, 2.75) is 34.1 Å². The molecule has 138 valence electrons. The lowest BCUT2D eigenvalue weighted by atomic mass is 10.1. The molecule has 1 aromatic heterocycles. The van der Waals surface area contributed by atoms with E-state index in [9.17, 15) is 9.59 Å². The Morgan fingerprint density at radius 2 is 1.85 bits per heavy atom. The van der Waals surface area contributed by atoms with Crippen LogP contribution < -0.4 is 0 Å². The van der Waals surface area contributed by atoms with Gasteiger partial charge in [0, 0.05) is 29.2 Å². The summed E-state index contributed by atoms with van der Waals surface area (Å²) in [6, 6.07) is 8.26. The van der Waals surface area contributed by atoms with Gasteiger partial charge in [-0.05, 0) is 70.0 Å². The maximum Gasteiger partial charge on any atom is 0.307 e. The maximum atomic E-state index is 12.8. The van der Waals surface area contributed by atoms with Gasteiger partial charge in [-0.25, -0.2) is 0 Å². The van der Waals surface area contributed by atoms with Gasteiger partial charge in [0.2, 0.25) is 0 Å². The molecule has 5 heteroatoms. The number of carboxylic acids is 1. The number of carbonyl (C=O) groups is 2. The first-order chi connectivity index (χ1) is 12.3. The minimum Gasteiger partial charge on any atom is -0.481 e. The van der Waals surface area contributed by atoms with E-state index in [1.54, 1.807) is 0 Å². The lowest BCUT2D eigenvalue weighted by Gasteiger charge is -2.15. The molecule has 1 fully saturated rings. The lowest BCUT2D eigenvalue weighted by molar-refractivity contribution is -0.141. The molecule has 1 aliphatic rings. The number of ketones is 1. The van der Waals surface area contributed by atoms with Gasteiger partial charge in [-0.1, -0.05) is 6.07 Å². The third-order valence-electron chi connectivity index (χ3n) is 5.47. The van der Waals surface area contributed by atoms with Crippen molar-refractivity contribution in [3.8, 4) is 5.69 Å². The van der Waals surface area contributed by atoms with Crippen molar-refractivity contribution in [2.24, 2.45) is 5.92 Å². The number of nitrogens with zero attached hydrogens (tertiary/aromatic N) is 2. The molecule has 0 radical (unpaired) electrons. The summed E-state index contributed by atoms with van der Waals surface area (Å²) in [6.07, 6.45) is 0.615. The third-order valence-corrected chi connectivity index (χ3v) is 5.47. The highest BCUT2D eigenvalue weighted by atomic mass is 16.4. The van der Waals surface area contributed by atoms with Crippen molar-refractivity contribution in [3.05, 3.63) is 52.3 Å². The second-order valence-electron chi connectivity index (χ2n) is 7.37. The molecule has 1 saturated heterocycles. The first-order valence-electron chi connectivity index (χ1n) is 9.03. The number of hydrogen-bond donors (Lipinski definition) is 1. The number of benzene rings is 1. The van der Waals surface area contributed by atoms with Gasteiger partial charge in [0.05, 0.1) is 12.5 Å². The summed E-state index contributed by atoms with van der Waals surface area (Å²) >= 11 is 0. The molecule has 2 aromatic rings. The Kier molecular flexibility index (Phi) is 5.01. The number of aromatic nitrogens is 1. The predicted octanol–water partition coefficient (Wildman–Crippen LogP) is 3.30. The van der Waals surface area contributed by atoms with E-state index in [2.05, 4.69) is 36.6 Å². The largest absolute Gasteiger partial charge is 0.481 e. The summed E-state index contributed by atoms with van der Waals surface area (Å²) in [7, 11) is 0. The monoisotopic (exact) mass is 354 g/mol. The number of Topliss-reactive ketones (excluding diaryl/α,β-unsaturated/α-hetero) is 1. The van der Waals surface area contributed by atoms with Crippen LogP contribution in [-0.4, -0.2) is 46.0 Å². The molecule has 1 N–H and O–H groups in total. The minimum atomic E-state index is -0.770. The Hall–Kier alpha value is -2.40. The first kappa shape index (κ1) is 18.4. The number of aliphatic carboxylic acids is 1. The molecule has 1 aliphatic heterocycles. The summed E-state index contributed by atoms with van der Waals surface area (Å²) < 4.78 is 2.11. The summed E-state index contributed by atoms with van der Waals surface area (Å²) in [5.74, 6) is -1.07. The Labute approximate surface area is 154 Å². The molecule has 5 nitrogen and oxygen atoms in total. The second kappa shape index (κ2) is 7.08. The fourth-order valence-electron chi connectivity index (χ4n) is 3.77. The van der Waals surface area contributed by atoms with Gasteiger partial charge in [-0.3, -0.25) is 14.5 Å². The zero-order valence-corrected chi connectivity index (χ0v) is 15.9. The molecule has 1 unspecified atom stereocenters. The fourth-order valence-corrected chi connectivity index (χ4v) is 3.77. The first-order valence-corrected chi connectivity index (χ1v) is 9.03. The molecule has 0 aliphatic carbocycles. The third kappa shape index (κ3) is 3.44. The second-order valence-corrected chi connectivity index (χ2v) is 7.37. The summed E-state index contributed by atoms with van der Waals surface area (Å²) in [4.78, 5) is 25.9. The average molecular weight is 354 g/mol. The van der Waals surface area contributed by atoms with Gasteiger partial charge in [0.15, 0.2) is 5.78 Å². The molecule has 0 saturated carbocycles. The zero-order valence-electron chi connectivity index (χ0n) is 15.9. The number of likely N-dealkylation sites (tertiary alicyclic amines) is 1. The molecular formula is C21H26N2O3. The van der Waals surface area contributed by atoms with Crippen molar-refractivity contribution in [1.82, 2.24) is 9.47 Å².